The third-order valence-corrected chi connectivity index (χ3v) is 11.2. The Hall–Kier alpha value is -3.67. The minimum Gasteiger partial charge on any atom is -0.508 e. The number of phenolic OH excluding ortho intramolecular Hbond substituents is 1. The minimum absolute atomic E-state index is 0.0190. The monoisotopic (exact) mass is 645 g/mol. The highest BCUT2D eigenvalue weighted by Crippen LogP contribution is 2.48. The maximum Gasteiger partial charge on any atom is 0.319 e. The Morgan fingerprint density at radius 3 is 2.45 bits per heavy atom. The van der Waals surface area contributed by atoms with Gasteiger partial charge >= 0.3 is 6.01 Å². The number of aryl methyl sites for hydroxylation is 1. The number of nitrogens with zero attached hydrogens (tertiary/aromatic N) is 4. The summed E-state index contributed by atoms with van der Waals surface area (Å²) in [6, 6.07) is 7.59. The molecule has 4 aliphatic heterocycles. The Balaban J connectivity index is 1.12. The van der Waals surface area contributed by atoms with Crippen molar-refractivity contribution in [3.63, 3.8) is 0 Å². The number of fused-ring (bicyclic) bond motifs is 5. The van der Waals surface area contributed by atoms with Crippen molar-refractivity contribution in [1.82, 2.24) is 20.2 Å². The predicted octanol–water partition coefficient (Wildman–Crippen LogP) is 5.56. The number of aromatic nitrogens is 2. The number of rotatable bonds is 7. The summed E-state index contributed by atoms with van der Waals surface area (Å²) in [4.78, 5) is 14.3. The zero-order chi connectivity index (χ0) is 32.0. The fourth-order valence-electron chi connectivity index (χ4n) is 8.63. The Morgan fingerprint density at radius 1 is 0.979 bits per heavy atom. The molecule has 0 spiro atoms. The molecule has 4 atom stereocenters. The molecular weight excluding hydrogens is 607 g/mol. The van der Waals surface area contributed by atoms with E-state index in [1.807, 2.05) is 6.07 Å². The van der Waals surface area contributed by atoms with E-state index in [0.29, 0.717) is 47.3 Å². The van der Waals surface area contributed by atoms with Crippen LogP contribution in [0.5, 0.6) is 11.8 Å². The molecule has 11 heteroatoms. The number of phenols is 1. The lowest BCUT2D eigenvalue weighted by atomic mass is 9.92. The highest BCUT2D eigenvalue weighted by Gasteiger charge is 2.48. The second kappa shape index (κ2) is 10.9. The van der Waals surface area contributed by atoms with Crippen molar-refractivity contribution in [2.24, 2.45) is 17.3 Å². The van der Waals surface area contributed by atoms with Gasteiger partial charge in [-0.15, -0.1) is 0 Å². The maximum atomic E-state index is 17.0. The fourth-order valence-corrected chi connectivity index (χ4v) is 8.63. The molecule has 9 rings (SSSR count). The zero-order valence-corrected chi connectivity index (χ0v) is 26.4. The molecule has 47 heavy (non-hydrogen) atoms. The van der Waals surface area contributed by atoms with Crippen molar-refractivity contribution in [2.45, 2.75) is 44.7 Å². The highest BCUT2D eigenvalue weighted by molar-refractivity contribution is 6.02. The standard InChI is InChI=1S/C36H38F3N5O3/c1-19-8-27-33(32(39)29(19)26-10-25(45)9-20-2-5-28(37)31(38)30(20)26)41-35(42-34(27)44-13-23-3-4-24(14-44)40-23)47-18-36(6-7-36)17-43-11-21-15-46-16-22(21)12-43/h2,5,8-10,21-24,40,45H,3-4,6-7,11-18H2,1H3/t21-,22+,23?,24?. The van der Waals surface area contributed by atoms with E-state index < -0.39 is 17.5 Å². The van der Waals surface area contributed by atoms with Gasteiger partial charge in [-0.1, -0.05) is 6.07 Å². The normalized spacial score (nSPS) is 26.4. The van der Waals surface area contributed by atoms with Crippen LogP contribution in [0.25, 0.3) is 32.8 Å². The summed E-state index contributed by atoms with van der Waals surface area (Å²) in [5, 5.41) is 14.9. The quantitative estimate of drug-likeness (QED) is 0.271. The van der Waals surface area contributed by atoms with Crippen LogP contribution in [0.4, 0.5) is 19.0 Å². The van der Waals surface area contributed by atoms with E-state index in [2.05, 4.69) is 20.1 Å². The molecule has 0 radical (unpaired) electrons. The number of hydrogen-bond acceptors (Lipinski definition) is 8. The number of piperazine rings is 1. The molecule has 1 aromatic heterocycles. The maximum absolute atomic E-state index is 17.0. The summed E-state index contributed by atoms with van der Waals surface area (Å²) < 4.78 is 58.8. The van der Waals surface area contributed by atoms with Crippen LogP contribution in [0, 0.1) is 41.6 Å². The van der Waals surface area contributed by atoms with Gasteiger partial charge in [0.25, 0.3) is 0 Å². The van der Waals surface area contributed by atoms with Crippen LogP contribution < -0.4 is 15.0 Å². The summed E-state index contributed by atoms with van der Waals surface area (Å²) in [5.41, 5.74) is 0.697. The van der Waals surface area contributed by atoms with Gasteiger partial charge in [0.2, 0.25) is 0 Å². The first-order valence-electron chi connectivity index (χ1n) is 16.8. The third-order valence-electron chi connectivity index (χ3n) is 11.2. The number of hydrogen-bond donors (Lipinski definition) is 2. The van der Waals surface area contributed by atoms with Crippen molar-refractivity contribution in [1.29, 1.82) is 0 Å². The van der Waals surface area contributed by atoms with Gasteiger partial charge < -0.3 is 29.7 Å². The topological polar surface area (TPSA) is 83.0 Å². The minimum atomic E-state index is -1.09. The molecule has 2 N–H and O–H groups in total. The molecule has 1 aliphatic carbocycles. The van der Waals surface area contributed by atoms with Gasteiger partial charge in [-0.05, 0) is 73.4 Å². The van der Waals surface area contributed by atoms with Gasteiger partial charge in [0, 0.05) is 78.4 Å². The van der Waals surface area contributed by atoms with Gasteiger partial charge in [-0.25, -0.2) is 13.2 Å². The van der Waals surface area contributed by atoms with E-state index in [1.165, 1.54) is 18.2 Å². The molecular formula is C36H38F3N5O3. The lowest BCUT2D eigenvalue weighted by molar-refractivity contribution is 0.131. The van der Waals surface area contributed by atoms with Crippen molar-refractivity contribution >= 4 is 27.5 Å². The molecule has 1 saturated carbocycles. The van der Waals surface area contributed by atoms with E-state index >= 15 is 8.78 Å². The predicted molar refractivity (Wildman–Crippen MR) is 172 cm³/mol. The summed E-state index contributed by atoms with van der Waals surface area (Å²) in [7, 11) is 0. The van der Waals surface area contributed by atoms with Gasteiger partial charge in [0.15, 0.2) is 17.5 Å². The number of aromatic hydroxyl groups is 1. The molecule has 3 aromatic carbocycles. The average molecular weight is 646 g/mol. The second-order valence-electron chi connectivity index (χ2n) is 14.6. The van der Waals surface area contributed by atoms with Crippen LogP contribution in [0.3, 0.4) is 0 Å². The first-order valence-corrected chi connectivity index (χ1v) is 16.8. The first kappa shape index (κ1) is 29.5. The molecule has 2 bridgehead atoms. The second-order valence-corrected chi connectivity index (χ2v) is 14.6. The molecule has 8 nitrogen and oxygen atoms in total. The van der Waals surface area contributed by atoms with Crippen LogP contribution in [0.15, 0.2) is 30.3 Å². The largest absolute Gasteiger partial charge is 0.508 e. The van der Waals surface area contributed by atoms with Gasteiger partial charge in [-0.2, -0.15) is 9.97 Å². The summed E-state index contributed by atoms with van der Waals surface area (Å²) >= 11 is 0. The van der Waals surface area contributed by atoms with Crippen LogP contribution in [-0.4, -0.2) is 84.6 Å². The SMILES string of the molecule is Cc1cc2c(N3CC4CCC(C3)N4)nc(OCC3(CN4C[C@H]5COC[C@H]5C4)CC3)nc2c(F)c1-c1cc(O)cc2ccc(F)c(F)c12. The van der Waals surface area contributed by atoms with E-state index in [0.717, 1.165) is 77.7 Å². The number of ether oxygens (including phenoxy) is 2. The van der Waals surface area contributed by atoms with Crippen LogP contribution in [-0.2, 0) is 4.74 Å². The Morgan fingerprint density at radius 2 is 1.72 bits per heavy atom. The molecule has 5 fully saturated rings. The first-order chi connectivity index (χ1) is 22.7. The molecule has 246 valence electrons. The van der Waals surface area contributed by atoms with Gasteiger partial charge in [-0.3, -0.25) is 0 Å². The van der Waals surface area contributed by atoms with Crippen molar-refractivity contribution in [3.05, 3.63) is 53.3 Å². The zero-order valence-electron chi connectivity index (χ0n) is 26.4. The van der Waals surface area contributed by atoms with Crippen LogP contribution >= 0.6 is 0 Å². The summed E-state index contributed by atoms with van der Waals surface area (Å²) in [5.74, 6) is -1.16. The van der Waals surface area contributed by atoms with E-state index in [1.54, 1.807) is 6.92 Å². The Kier molecular flexibility index (Phi) is 6.85. The van der Waals surface area contributed by atoms with E-state index in [4.69, 9.17) is 14.5 Å². The fraction of sp³-hybridized carbons (Fsp3) is 0.500. The molecule has 2 unspecified atom stereocenters. The molecule has 5 aliphatic rings. The molecule has 5 heterocycles. The van der Waals surface area contributed by atoms with Crippen molar-refractivity contribution in [3.8, 4) is 22.9 Å². The highest BCUT2D eigenvalue weighted by atomic mass is 19.2. The lowest BCUT2D eigenvalue weighted by Gasteiger charge is -2.34. The van der Waals surface area contributed by atoms with Gasteiger partial charge in [0.05, 0.1) is 19.8 Å². The average Bonchev–Trinajstić information content (AvgIpc) is 3.29. The molecule has 4 saturated heterocycles. The number of halogens is 3. The van der Waals surface area contributed by atoms with Crippen molar-refractivity contribution in [2.75, 3.05) is 57.4 Å². The summed E-state index contributed by atoms with van der Waals surface area (Å²) in [6.07, 6.45) is 4.26. The molecule has 4 aromatic rings. The van der Waals surface area contributed by atoms with E-state index in [9.17, 15) is 9.50 Å². The number of likely N-dealkylation sites (tertiary alicyclic amines) is 1. The lowest BCUT2D eigenvalue weighted by Crippen LogP contribution is -2.51. The van der Waals surface area contributed by atoms with Crippen LogP contribution in [0.2, 0.25) is 0 Å². The van der Waals surface area contributed by atoms with Crippen LogP contribution in [0.1, 0.15) is 31.2 Å². The van der Waals surface area contributed by atoms with Crippen molar-refractivity contribution < 1.29 is 27.8 Å². The number of nitrogens with one attached hydrogen (secondary N) is 1. The number of anilines is 1. The summed E-state index contributed by atoms with van der Waals surface area (Å²) in [6.45, 7) is 8.38. The van der Waals surface area contributed by atoms with E-state index in [-0.39, 0.29) is 44.6 Å². The third kappa shape index (κ3) is 5.09. The number of benzene rings is 3. The Labute approximate surface area is 270 Å². The van der Waals surface area contributed by atoms with Gasteiger partial charge in [0.1, 0.15) is 17.1 Å². The Bertz CT molecular complexity index is 1900. The smallest absolute Gasteiger partial charge is 0.319 e. The molecule has 0 amide bonds.